The van der Waals surface area contributed by atoms with Gasteiger partial charge in [0.1, 0.15) is 11.6 Å². The largest absolute Gasteiger partial charge is 0.479 e. The summed E-state index contributed by atoms with van der Waals surface area (Å²) in [6.07, 6.45) is 4.15. The minimum atomic E-state index is -3.02. The molecule has 0 aliphatic carbocycles. The first-order valence-electron chi connectivity index (χ1n) is 11.6. The number of rotatable bonds is 6. The van der Waals surface area contributed by atoms with Crippen LogP contribution in [0.15, 0.2) is 30.7 Å². The molecule has 4 aromatic rings. The zero-order chi connectivity index (χ0) is 25.9. The van der Waals surface area contributed by atoms with Gasteiger partial charge in [-0.1, -0.05) is 0 Å². The fourth-order valence-electron chi connectivity index (χ4n) is 4.78. The number of amides is 1. The van der Waals surface area contributed by atoms with Gasteiger partial charge >= 0.3 is 0 Å². The van der Waals surface area contributed by atoms with Crippen LogP contribution in [0.5, 0.6) is 5.88 Å². The third kappa shape index (κ3) is 3.83. The van der Waals surface area contributed by atoms with Crippen molar-refractivity contribution in [1.29, 1.82) is 0 Å². The monoisotopic (exact) mass is 516 g/mol. The maximum Gasteiger partial charge on any atom is 0.281 e. The highest BCUT2D eigenvalue weighted by atomic mass is 19.3. The Balaban J connectivity index is 1.38. The second-order valence-electron chi connectivity index (χ2n) is 9.05. The number of pyridine rings is 1. The van der Waals surface area contributed by atoms with Crippen LogP contribution in [0.25, 0.3) is 22.2 Å². The number of aromatic nitrogens is 5. The van der Waals surface area contributed by atoms with Gasteiger partial charge < -0.3 is 20.1 Å². The van der Waals surface area contributed by atoms with Crippen molar-refractivity contribution in [3.05, 3.63) is 42.1 Å². The Bertz CT molecular complexity index is 1520. The number of methoxy groups -OCH3 is 1. The second kappa shape index (κ2) is 8.59. The number of likely N-dealkylation sites (tertiary alicyclic amines) is 1. The summed E-state index contributed by atoms with van der Waals surface area (Å²) in [5, 5.41) is 13.7. The Labute approximate surface area is 208 Å². The number of hydrogen-bond acceptors (Lipinski definition) is 8. The van der Waals surface area contributed by atoms with Crippen LogP contribution in [0.4, 0.5) is 19.1 Å². The Kier molecular flexibility index (Phi) is 5.45. The molecule has 11 nitrogen and oxygen atoms in total. The van der Waals surface area contributed by atoms with Gasteiger partial charge in [-0.05, 0) is 17.7 Å². The molecular weight excluding hydrogens is 493 g/mol. The van der Waals surface area contributed by atoms with Gasteiger partial charge in [0.05, 0.1) is 61.9 Å². The van der Waals surface area contributed by atoms with E-state index >= 15 is 4.39 Å². The standard InChI is InChI=1S/C23H23F3N8O3/c1-27-20(35)14-6-28-33-4-3-12(5-16(14)33)18-15(24)7-34-19(18)21(36-2)30-22(31-34)29-17-8-32(11-23(17,25)26)13-9-37-10-13/h3-7,13,17H,8-11H2,1-2H3,(H,27,35)(H,29,31)/t17-/m1/s1. The Morgan fingerprint density at radius 2 is 2.11 bits per heavy atom. The average Bonchev–Trinajstić information content (AvgIpc) is 3.49. The summed E-state index contributed by atoms with van der Waals surface area (Å²) in [6.45, 7) is 0.560. The molecule has 2 saturated heterocycles. The lowest BCUT2D eigenvalue weighted by atomic mass is 10.1. The van der Waals surface area contributed by atoms with Crippen LogP contribution in [-0.2, 0) is 4.74 Å². The molecule has 0 bridgehead atoms. The molecule has 1 atom stereocenters. The summed E-state index contributed by atoms with van der Waals surface area (Å²) >= 11 is 0. The molecule has 2 fully saturated rings. The van der Waals surface area contributed by atoms with E-state index < -0.39 is 24.3 Å². The first-order chi connectivity index (χ1) is 17.8. The van der Waals surface area contributed by atoms with E-state index in [4.69, 9.17) is 9.47 Å². The number of hydrogen-bond donors (Lipinski definition) is 2. The van der Waals surface area contributed by atoms with Crippen molar-refractivity contribution in [1.82, 2.24) is 34.4 Å². The van der Waals surface area contributed by atoms with Crippen molar-refractivity contribution in [3.8, 4) is 17.0 Å². The van der Waals surface area contributed by atoms with Gasteiger partial charge in [0.15, 0.2) is 5.82 Å². The molecule has 6 heterocycles. The Morgan fingerprint density at radius 3 is 2.81 bits per heavy atom. The van der Waals surface area contributed by atoms with E-state index in [1.807, 2.05) is 0 Å². The summed E-state index contributed by atoms with van der Waals surface area (Å²) < 4.78 is 58.0. The fourth-order valence-corrected chi connectivity index (χ4v) is 4.78. The maximum atomic E-state index is 15.3. The molecular formula is C23H23F3N8O3. The summed E-state index contributed by atoms with van der Waals surface area (Å²) in [5.41, 5.74) is 1.57. The second-order valence-corrected chi connectivity index (χ2v) is 9.05. The molecule has 0 radical (unpaired) electrons. The number of carbonyl (C=O) groups excluding carboxylic acids is 1. The van der Waals surface area contributed by atoms with Gasteiger partial charge in [-0.2, -0.15) is 10.1 Å². The third-order valence-corrected chi connectivity index (χ3v) is 6.81. The quantitative estimate of drug-likeness (QED) is 0.399. The molecule has 2 aliphatic rings. The predicted molar refractivity (Wildman–Crippen MR) is 126 cm³/mol. The van der Waals surface area contributed by atoms with Crippen LogP contribution in [0.3, 0.4) is 0 Å². The lowest BCUT2D eigenvalue weighted by molar-refractivity contribution is -0.0711. The summed E-state index contributed by atoms with van der Waals surface area (Å²) in [5.74, 6) is -4.09. The van der Waals surface area contributed by atoms with Crippen molar-refractivity contribution < 1.29 is 27.4 Å². The summed E-state index contributed by atoms with van der Waals surface area (Å²) in [6, 6.07) is 1.99. The summed E-state index contributed by atoms with van der Waals surface area (Å²) in [4.78, 5) is 18.2. The maximum absolute atomic E-state index is 15.3. The third-order valence-electron chi connectivity index (χ3n) is 6.81. The fraction of sp³-hybridized carbons (Fsp3) is 0.391. The predicted octanol–water partition coefficient (Wildman–Crippen LogP) is 1.68. The van der Waals surface area contributed by atoms with Crippen LogP contribution in [0.1, 0.15) is 10.4 Å². The molecule has 4 aromatic heterocycles. The van der Waals surface area contributed by atoms with Crippen molar-refractivity contribution in [2.45, 2.75) is 18.0 Å². The number of ether oxygens (including phenoxy) is 2. The van der Waals surface area contributed by atoms with Gasteiger partial charge in [-0.15, -0.1) is 5.10 Å². The number of nitrogens with one attached hydrogen (secondary N) is 2. The van der Waals surface area contributed by atoms with Crippen LogP contribution in [0.2, 0.25) is 0 Å². The average molecular weight is 516 g/mol. The highest BCUT2D eigenvalue weighted by Crippen LogP contribution is 2.36. The molecule has 2 N–H and O–H groups in total. The molecule has 194 valence electrons. The Morgan fingerprint density at radius 1 is 1.30 bits per heavy atom. The van der Waals surface area contributed by atoms with Crippen molar-refractivity contribution >= 4 is 22.9 Å². The molecule has 6 rings (SSSR count). The van der Waals surface area contributed by atoms with E-state index in [9.17, 15) is 13.6 Å². The summed E-state index contributed by atoms with van der Waals surface area (Å²) in [7, 11) is 2.86. The number of fused-ring (bicyclic) bond motifs is 2. The smallest absolute Gasteiger partial charge is 0.281 e. The van der Waals surface area contributed by atoms with Gasteiger partial charge in [0.2, 0.25) is 11.8 Å². The zero-order valence-electron chi connectivity index (χ0n) is 19.9. The number of anilines is 1. The van der Waals surface area contributed by atoms with E-state index in [-0.39, 0.29) is 41.4 Å². The molecule has 14 heteroatoms. The molecule has 0 unspecified atom stereocenters. The van der Waals surface area contributed by atoms with Crippen LogP contribution in [0, 0.1) is 5.82 Å². The van der Waals surface area contributed by atoms with Crippen molar-refractivity contribution in [2.75, 3.05) is 45.8 Å². The topological polar surface area (TPSA) is 110 Å². The van der Waals surface area contributed by atoms with E-state index in [0.29, 0.717) is 29.9 Å². The highest BCUT2D eigenvalue weighted by molar-refractivity contribution is 6.01. The van der Waals surface area contributed by atoms with Gasteiger partial charge in [-0.3, -0.25) is 9.69 Å². The van der Waals surface area contributed by atoms with Gasteiger partial charge in [0, 0.05) is 19.8 Å². The normalized spacial score (nSPS) is 19.9. The minimum absolute atomic E-state index is 0.00173. The molecule has 1 amide bonds. The molecule has 37 heavy (non-hydrogen) atoms. The van der Waals surface area contributed by atoms with Crippen LogP contribution in [-0.4, -0.2) is 93.5 Å². The molecule has 0 aromatic carbocycles. The van der Waals surface area contributed by atoms with Crippen molar-refractivity contribution in [3.63, 3.8) is 0 Å². The SMILES string of the molecule is CNC(=O)c1cnn2ccc(-c3c(F)cn4nc(N[C@@H]5CN(C6COC6)CC5(F)F)nc(OC)c34)cc12. The first kappa shape index (κ1) is 23.5. The van der Waals surface area contributed by atoms with E-state index in [0.717, 1.165) is 6.20 Å². The number of halogens is 3. The van der Waals surface area contributed by atoms with E-state index in [1.54, 1.807) is 23.2 Å². The van der Waals surface area contributed by atoms with Crippen LogP contribution < -0.4 is 15.4 Å². The number of carbonyl (C=O) groups is 1. The number of nitrogens with zero attached hydrogens (tertiary/aromatic N) is 6. The minimum Gasteiger partial charge on any atom is -0.479 e. The lowest BCUT2D eigenvalue weighted by Gasteiger charge is -2.34. The van der Waals surface area contributed by atoms with Gasteiger partial charge in [0.25, 0.3) is 11.8 Å². The van der Waals surface area contributed by atoms with Gasteiger partial charge in [-0.25, -0.2) is 22.2 Å². The van der Waals surface area contributed by atoms with E-state index in [1.165, 1.54) is 29.4 Å². The molecule has 0 saturated carbocycles. The molecule has 0 spiro atoms. The van der Waals surface area contributed by atoms with E-state index in [2.05, 4.69) is 25.8 Å². The van der Waals surface area contributed by atoms with Crippen molar-refractivity contribution in [2.24, 2.45) is 0 Å². The zero-order valence-corrected chi connectivity index (χ0v) is 19.9. The Hall–Kier alpha value is -3.91. The highest BCUT2D eigenvalue weighted by Gasteiger charge is 2.51. The lowest BCUT2D eigenvalue weighted by Crippen LogP contribution is -2.48. The van der Waals surface area contributed by atoms with Crippen LogP contribution >= 0.6 is 0 Å². The number of alkyl halides is 2. The molecule has 2 aliphatic heterocycles. The first-order valence-corrected chi connectivity index (χ1v) is 11.6.